The third-order valence-electron chi connectivity index (χ3n) is 3.99. The highest BCUT2D eigenvalue weighted by molar-refractivity contribution is 7.14. The normalized spacial score (nSPS) is 10.9. The molecule has 3 aromatic heterocycles. The van der Waals surface area contributed by atoms with Crippen molar-refractivity contribution >= 4 is 33.3 Å². The van der Waals surface area contributed by atoms with Gasteiger partial charge in [-0.3, -0.25) is 9.78 Å². The highest BCUT2D eigenvalue weighted by Gasteiger charge is 2.09. The van der Waals surface area contributed by atoms with Crippen LogP contribution in [-0.4, -0.2) is 20.4 Å². The summed E-state index contributed by atoms with van der Waals surface area (Å²) in [5, 5.41) is 6.62. The van der Waals surface area contributed by atoms with Gasteiger partial charge < -0.3 is 9.88 Å². The maximum Gasteiger partial charge on any atom is 0.227 e. The number of fused-ring (bicyclic) bond motifs is 1. The van der Waals surface area contributed by atoms with E-state index in [9.17, 15) is 4.79 Å². The Morgan fingerprint density at radius 1 is 1.12 bits per heavy atom. The van der Waals surface area contributed by atoms with Crippen molar-refractivity contribution < 1.29 is 4.79 Å². The Balaban J connectivity index is 1.39. The molecule has 0 unspecified atom stereocenters. The van der Waals surface area contributed by atoms with Gasteiger partial charge in [0.15, 0.2) is 5.13 Å². The molecule has 25 heavy (non-hydrogen) atoms. The Labute approximate surface area is 149 Å². The summed E-state index contributed by atoms with van der Waals surface area (Å²) in [6.45, 7) is 0.641. The van der Waals surface area contributed by atoms with Crippen LogP contribution in [0.5, 0.6) is 0 Å². The van der Waals surface area contributed by atoms with Gasteiger partial charge in [0.25, 0.3) is 0 Å². The summed E-state index contributed by atoms with van der Waals surface area (Å²) in [5.74, 6) is -0.0339. The summed E-state index contributed by atoms with van der Waals surface area (Å²) in [6, 6.07) is 14.0. The number of hydrogen-bond donors (Lipinski definition) is 1. The molecule has 0 fully saturated rings. The van der Waals surface area contributed by atoms with Crippen LogP contribution < -0.4 is 5.32 Å². The van der Waals surface area contributed by atoms with Crippen LogP contribution >= 0.6 is 11.3 Å². The molecule has 0 spiro atoms. The van der Waals surface area contributed by atoms with E-state index >= 15 is 0 Å². The fourth-order valence-electron chi connectivity index (χ4n) is 2.73. The van der Waals surface area contributed by atoms with Gasteiger partial charge in [-0.05, 0) is 29.7 Å². The molecule has 3 heterocycles. The number of aryl methyl sites for hydroxylation is 1. The number of carbonyl (C=O) groups is 1. The molecule has 0 saturated carbocycles. The maximum atomic E-state index is 12.2. The molecular weight excluding hydrogens is 332 g/mol. The van der Waals surface area contributed by atoms with Crippen molar-refractivity contribution in [1.29, 1.82) is 0 Å². The molecule has 0 aliphatic carbocycles. The number of pyridine rings is 1. The standard InChI is InChI=1S/C19H16N4OS/c24-18(8-12-23-11-7-15-3-1-2-4-17(15)23)22-19-21-16(13-25-19)14-5-9-20-10-6-14/h1-7,9-11,13H,8,12H2,(H,21,22,24). The van der Waals surface area contributed by atoms with E-state index in [0.717, 1.165) is 16.8 Å². The largest absolute Gasteiger partial charge is 0.347 e. The van der Waals surface area contributed by atoms with E-state index in [1.807, 2.05) is 35.8 Å². The molecule has 0 atom stereocenters. The van der Waals surface area contributed by atoms with Gasteiger partial charge in [0.05, 0.1) is 5.69 Å². The summed E-state index contributed by atoms with van der Waals surface area (Å²) < 4.78 is 2.10. The number of nitrogens with one attached hydrogen (secondary N) is 1. The number of carbonyl (C=O) groups excluding carboxylic acids is 1. The summed E-state index contributed by atoms with van der Waals surface area (Å²) >= 11 is 1.43. The van der Waals surface area contributed by atoms with Crippen LogP contribution in [0.4, 0.5) is 5.13 Å². The zero-order valence-corrected chi connectivity index (χ0v) is 14.2. The fraction of sp³-hybridized carbons (Fsp3) is 0.105. The van der Waals surface area contributed by atoms with Crippen LogP contribution in [0.1, 0.15) is 6.42 Å². The Hall–Kier alpha value is -2.99. The second-order valence-corrected chi connectivity index (χ2v) is 6.50. The lowest BCUT2D eigenvalue weighted by molar-refractivity contribution is -0.116. The lowest BCUT2D eigenvalue weighted by Gasteiger charge is -2.05. The molecular formula is C19H16N4OS. The minimum absolute atomic E-state index is 0.0339. The number of rotatable bonds is 5. The lowest BCUT2D eigenvalue weighted by Crippen LogP contribution is -2.14. The van der Waals surface area contributed by atoms with Gasteiger partial charge in [-0.25, -0.2) is 4.98 Å². The third-order valence-corrected chi connectivity index (χ3v) is 4.74. The molecule has 1 aromatic carbocycles. The van der Waals surface area contributed by atoms with Crippen LogP contribution in [0.2, 0.25) is 0 Å². The van der Waals surface area contributed by atoms with Crippen molar-refractivity contribution in [3.05, 3.63) is 66.4 Å². The SMILES string of the molecule is O=C(CCn1ccc2ccccc21)Nc1nc(-c2ccncc2)cs1. The van der Waals surface area contributed by atoms with Crippen LogP contribution in [0.3, 0.4) is 0 Å². The van der Waals surface area contributed by atoms with E-state index in [0.29, 0.717) is 18.1 Å². The maximum absolute atomic E-state index is 12.2. The first kappa shape index (κ1) is 15.5. The first-order chi connectivity index (χ1) is 12.3. The van der Waals surface area contributed by atoms with Gasteiger partial charge in [0, 0.05) is 48.0 Å². The second kappa shape index (κ2) is 6.86. The number of benzene rings is 1. The van der Waals surface area contributed by atoms with Crippen molar-refractivity contribution in [3.63, 3.8) is 0 Å². The average Bonchev–Trinajstić information content (AvgIpc) is 3.28. The van der Waals surface area contributed by atoms with Crippen LogP contribution in [0, 0.1) is 0 Å². The van der Waals surface area contributed by atoms with E-state index < -0.39 is 0 Å². The minimum atomic E-state index is -0.0339. The fourth-order valence-corrected chi connectivity index (χ4v) is 3.46. The molecule has 0 aliphatic heterocycles. The zero-order chi connectivity index (χ0) is 17.1. The number of anilines is 1. The molecule has 0 radical (unpaired) electrons. The van der Waals surface area contributed by atoms with Crippen molar-refractivity contribution in [2.45, 2.75) is 13.0 Å². The molecule has 0 bridgehead atoms. The monoisotopic (exact) mass is 348 g/mol. The molecule has 6 heteroatoms. The Morgan fingerprint density at radius 2 is 1.96 bits per heavy atom. The van der Waals surface area contributed by atoms with Crippen molar-refractivity contribution in [2.24, 2.45) is 0 Å². The molecule has 4 aromatic rings. The van der Waals surface area contributed by atoms with Gasteiger partial charge >= 0.3 is 0 Å². The Morgan fingerprint density at radius 3 is 2.84 bits per heavy atom. The molecule has 0 saturated heterocycles. The lowest BCUT2D eigenvalue weighted by atomic mass is 10.2. The van der Waals surface area contributed by atoms with E-state index in [1.54, 1.807) is 12.4 Å². The molecule has 124 valence electrons. The number of aromatic nitrogens is 3. The number of hydrogen-bond acceptors (Lipinski definition) is 4. The topological polar surface area (TPSA) is 59.8 Å². The molecule has 1 N–H and O–H groups in total. The second-order valence-electron chi connectivity index (χ2n) is 5.64. The van der Waals surface area contributed by atoms with Gasteiger partial charge in [0.2, 0.25) is 5.91 Å². The predicted molar refractivity (Wildman–Crippen MR) is 101 cm³/mol. The molecule has 5 nitrogen and oxygen atoms in total. The van der Waals surface area contributed by atoms with E-state index in [1.165, 1.54) is 16.7 Å². The Bertz CT molecular complexity index is 1010. The summed E-state index contributed by atoms with van der Waals surface area (Å²) in [6.07, 6.45) is 5.88. The van der Waals surface area contributed by atoms with Crippen LogP contribution in [-0.2, 0) is 11.3 Å². The summed E-state index contributed by atoms with van der Waals surface area (Å²) in [5.41, 5.74) is 2.98. The summed E-state index contributed by atoms with van der Waals surface area (Å²) in [4.78, 5) is 20.7. The van der Waals surface area contributed by atoms with Crippen LogP contribution in [0.25, 0.3) is 22.2 Å². The van der Waals surface area contributed by atoms with Gasteiger partial charge in [-0.15, -0.1) is 11.3 Å². The predicted octanol–water partition coefficient (Wildman–Crippen LogP) is 4.19. The summed E-state index contributed by atoms with van der Waals surface area (Å²) in [7, 11) is 0. The van der Waals surface area contributed by atoms with Crippen LogP contribution in [0.15, 0.2) is 66.4 Å². The van der Waals surface area contributed by atoms with Gasteiger partial charge in [-0.1, -0.05) is 18.2 Å². The third kappa shape index (κ3) is 3.44. The van der Waals surface area contributed by atoms with E-state index in [2.05, 4.69) is 38.1 Å². The minimum Gasteiger partial charge on any atom is -0.347 e. The molecule has 1 amide bonds. The highest BCUT2D eigenvalue weighted by atomic mass is 32.1. The number of nitrogens with zero attached hydrogens (tertiary/aromatic N) is 3. The van der Waals surface area contributed by atoms with Gasteiger partial charge in [-0.2, -0.15) is 0 Å². The quantitative estimate of drug-likeness (QED) is 0.588. The Kier molecular flexibility index (Phi) is 4.26. The zero-order valence-electron chi connectivity index (χ0n) is 13.4. The average molecular weight is 348 g/mol. The van der Waals surface area contributed by atoms with Crippen molar-refractivity contribution in [3.8, 4) is 11.3 Å². The number of thiazole rings is 1. The van der Waals surface area contributed by atoms with Gasteiger partial charge in [0.1, 0.15) is 0 Å². The first-order valence-electron chi connectivity index (χ1n) is 7.99. The molecule has 0 aliphatic rings. The van der Waals surface area contributed by atoms with E-state index in [-0.39, 0.29) is 5.91 Å². The smallest absolute Gasteiger partial charge is 0.227 e. The number of para-hydroxylation sites is 1. The van der Waals surface area contributed by atoms with Crippen molar-refractivity contribution in [1.82, 2.24) is 14.5 Å². The van der Waals surface area contributed by atoms with E-state index in [4.69, 9.17) is 0 Å². The molecule has 4 rings (SSSR count). The highest BCUT2D eigenvalue weighted by Crippen LogP contribution is 2.24. The first-order valence-corrected chi connectivity index (χ1v) is 8.87. The van der Waals surface area contributed by atoms with Crippen molar-refractivity contribution in [2.75, 3.05) is 5.32 Å². The number of amides is 1.